The van der Waals surface area contributed by atoms with Gasteiger partial charge in [0.25, 0.3) is 5.91 Å². The van der Waals surface area contributed by atoms with Crippen molar-refractivity contribution in [2.75, 3.05) is 44.2 Å². The van der Waals surface area contributed by atoms with Crippen molar-refractivity contribution in [3.63, 3.8) is 0 Å². The van der Waals surface area contributed by atoms with E-state index in [0.717, 1.165) is 45.1 Å². The smallest absolute Gasteiger partial charge is 0.257 e. The number of hydrogen-bond donors (Lipinski definition) is 1. The molecular formula is C14H22N4O. The highest BCUT2D eigenvalue weighted by atomic mass is 16.2. The highest BCUT2D eigenvalue weighted by molar-refractivity contribution is 5.98. The maximum atomic E-state index is 12.5. The number of amides is 1. The highest BCUT2D eigenvalue weighted by Gasteiger charge is 2.21. The Labute approximate surface area is 114 Å². The van der Waals surface area contributed by atoms with Gasteiger partial charge in [0.1, 0.15) is 5.82 Å². The summed E-state index contributed by atoms with van der Waals surface area (Å²) in [6, 6.07) is 3.72. The van der Waals surface area contributed by atoms with Crippen molar-refractivity contribution in [3.8, 4) is 0 Å². The van der Waals surface area contributed by atoms with Gasteiger partial charge in [-0.15, -0.1) is 0 Å². The van der Waals surface area contributed by atoms with E-state index in [2.05, 4.69) is 15.2 Å². The lowest BCUT2D eigenvalue weighted by molar-refractivity contribution is 0.0773. The molecule has 1 aromatic heterocycles. The van der Waals surface area contributed by atoms with Crippen molar-refractivity contribution in [2.24, 2.45) is 0 Å². The summed E-state index contributed by atoms with van der Waals surface area (Å²) in [5.74, 6) is 0.896. The molecule has 0 saturated carbocycles. The zero-order valence-electron chi connectivity index (χ0n) is 11.7. The molecule has 104 valence electrons. The first-order chi connectivity index (χ1) is 9.27. The topological polar surface area (TPSA) is 48.5 Å². The standard InChI is InChI=1S/C14H22N4O/c1-3-17(4-2)14(19)12-6-5-7-16-13(12)18-10-8-15-9-11-18/h5-7,15H,3-4,8-11H2,1-2H3. The molecule has 1 fully saturated rings. The van der Waals surface area contributed by atoms with Gasteiger partial charge in [-0.3, -0.25) is 4.79 Å². The fourth-order valence-corrected chi connectivity index (χ4v) is 2.37. The van der Waals surface area contributed by atoms with Gasteiger partial charge in [-0.1, -0.05) is 0 Å². The van der Waals surface area contributed by atoms with Gasteiger partial charge < -0.3 is 15.1 Å². The third-order valence-electron chi connectivity index (χ3n) is 3.48. The fraction of sp³-hybridized carbons (Fsp3) is 0.571. The second-order valence-corrected chi connectivity index (χ2v) is 4.59. The molecule has 1 N–H and O–H groups in total. The van der Waals surface area contributed by atoms with Crippen molar-refractivity contribution in [3.05, 3.63) is 23.9 Å². The van der Waals surface area contributed by atoms with Gasteiger partial charge in [0.2, 0.25) is 0 Å². The number of rotatable bonds is 4. The van der Waals surface area contributed by atoms with Crippen LogP contribution in [0.25, 0.3) is 0 Å². The van der Waals surface area contributed by atoms with Gasteiger partial charge in [0.05, 0.1) is 5.56 Å². The zero-order chi connectivity index (χ0) is 13.7. The predicted molar refractivity (Wildman–Crippen MR) is 76.6 cm³/mol. The zero-order valence-corrected chi connectivity index (χ0v) is 11.7. The minimum Gasteiger partial charge on any atom is -0.353 e. The number of aromatic nitrogens is 1. The summed E-state index contributed by atoms with van der Waals surface area (Å²) in [6.45, 7) is 9.14. The first-order valence-electron chi connectivity index (χ1n) is 6.97. The molecule has 1 aromatic rings. The van der Waals surface area contributed by atoms with Gasteiger partial charge in [-0.25, -0.2) is 4.98 Å². The second kappa shape index (κ2) is 6.52. The van der Waals surface area contributed by atoms with Crippen LogP contribution in [0.4, 0.5) is 5.82 Å². The van der Waals surface area contributed by atoms with Crippen molar-refractivity contribution in [1.82, 2.24) is 15.2 Å². The first kappa shape index (κ1) is 13.8. The molecule has 0 unspecified atom stereocenters. The number of nitrogens with one attached hydrogen (secondary N) is 1. The second-order valence-electron chi connectivity index (χ2n) is 4.59. The van der Waals surface area contributed by atoms with Crippen molar-refractivity contribution >= 4 is 11.7 Å². The lowest BCUT2D eigenvalue weighted by atomic mass is 10.2. The third kappa shape index (κ3) is 3.04. The summed E-state index contributed by atoms with van der Waals surface area (Å²) in [4.78, 5) is 21.0. The molecule has 1 amide bonds. The van der Waals surface area contributed by atoms with Gasteiger partial charge in [-0.2, -0.15) is 0 Å². The first-order valence-corrected chi connectivity index (χ1v) is 6.97. The van der Waals surface area contributed by atoms with E-state index in [4.69, 9.17) is 0 Å². The number of anilines is 1. The molecule has 0 radical (unpaired) electrons. The lowest BCUT2D eigenvalue weighted by Gasteiger charge is -2.30. The minimum absolute atomic E-state index is 0.0756. The molecule has 1 aliphatic heterocycles. The van der Waals surface area contributed by atoms with E-state index < -0.39 is 0 Å². The largest absolute Gasteiger partial charge is 0.353 e. The number of carbonyl (C=O) groups is 1. The minimum atomic E-state index is 0.0756. The van der Waals surface area contributed by atoms with Crippen LogP contribution in [-0.4, -0.2) is 55.1 Å². The molecule has 0 atom stereocenters. The molecule has 0 bridgehead atoms. The molecule has 5 heteroatoms. The van der Waals surface area contributed by atoms with E-state index in [0.29, 0.717) is 5.56 Å². The summed E-state index contributed by atoms with van der Waals surface area (Å²) in [7, 11) is 0. The predicted octanol–water partition coefficient (Wildman–Crippen LogP) is 0.973. The van der Waals surface area contributed by atoms with Gasteiger partial charge in [0, 0.05) is 45.5 Å². The van der Waals surface area contributed by atoms with Crippen molar-refractivity contribution in [2.45, 2.75) is 13.8 Å². The summed E-state index contributed by atoms with van der Waals surface area (Å²) < 4.78 is 0. The van der Waals surface area contributed by atoms with Crippen molar-refractivity contribution < 1.29 is 4.79 Å². The number of carbonyl (C=O) groups excluding carboxylic acids is 1. The quantitative estimate of drug-likeness (QED) is 0.878. The van der Waals surface area contributed by atoms with Crippen LogP contribution >= 0.6 is 0 Å². The Kier molecular flexibility index (Phi) is 4.74. The maximum absolute atomic E-state index is 12.5. The normalized spacial score (nSPS) is 15.4. The van der Waals surface area contributed by atoms with Gasteiger partial charge >= 0.3 is 0 Å². The van der Waals surface area contributed by atoms with Crippen LogP contribution in [0, 0.1) is 0 Å². The molecule has 0 spiro atoms. The molecular weight excluding hydrogens is 240 g/mol. The highest BCUT2D eigenvalue weighted by Crippen LogP contribution is 2.19. The average Bonchev–Trinajstić information content (AvgIpc) is 2.49. The Morgan fingerprint density at radius 2 is 2.05 bits per heavy atom. The molecule has 1 saturated heterocycles. The third-order valence-corrected chi connectivity index (χ3v) is 3.48. The van der Waals surface area contributed by atoms with Crippen LogP contribution in [0.3, 0.4) is 0 Å². The molecule has 5 nitrogen and oxygen atoms in total. The molecule has 2 rings (SSSR count). The van der Waals surface area contributed by atoms with E-state index in [1.54, 1.807) is 6.20 Å². The summed E-state index contributed by atoms with van der Waals surface area (Å²) in [5, 5.41) is 3.31. The van der Waals surface area contributed by atoms with Gasteiger partial charge in [-0.05, 0) is 26.0 Å². The molecule has 2 heterocycles. The van der Waals surface area contributed by atoms with Crippen LogP contribution in [0.15, 0.2) is 18.3 Å². The SMILES string of the molecule is CCN(CC)C(=O)c1cccnc1N1CCNCC1. The number of nitrogens with zero attached hydrogens (tertiary/aromatic N) is 3. The van der Waals surface area contributed by atoms with E-state index in [9.17, 15) is 4.79 Å². The van der Waals surface area contributed by atoms with Crippen molar-refractivity contribution in [1.29, 1.82) is 0 Å². The Morgan fingerprint density at radius 1 is 1.37 bits per heavy atom. The maximum Gasteiger partial charge on any atom is 0.257 e. The molecule has 1 aliphatic rings. The monoisotopic (exact) mass is 262 g/mol. The number of piperazine rings is 1. The van der Waals surface area contributed by atoms with Gasteiger partial charge in [0.15, 0.2) is 0 Å². The molecule has 19 heavy (non-hydrogen) atoms. The number of hydrogen-bond acceptors (Lipinski definition) is 4. The van der Waals surface area contributed by atoms with Crippen LogP contribution in [0.1, 0.15) is 24.2 Å². The summed E-state index contributed by atoms with van der Waals surface area (Å²) >= 11 is 0. The van der Waals surface area contributed by atoms with Crippen LogP contribution in [0.5, 0.6) is 0 Å². The van der Waals surface area contributed by atoms with Crippen LogP contribution in [0.2, 0.25) is 0 Å². The van der Waals surface area contributed by atoms with E-state index in [1.165, 1.54) is 0 Å². The van der Waals surface area contributed by atoms with Crippen LogP contribution in [-0.2, 0) is 0 Å². The van der Waals surface area contributed by atoms with E-state index in [1.807, 2.05) is 30.9 Å². The molecule has 0 aromatic carbocycles. The van der Waals surface area contributed by atoms with Crippen LogP contribution < -0.4 is 10.2 Å². The average molecular weight is 262 g/mol. The Balaban J connectivity index is 2.27. The molecule has 0 aliphatic carbocycles. The summed E-state index contributed by atoms with van der Waals surface area (Å²) in [5.41, 5.74) is 0.716. The Morgan fingerprint density at radius 3 is 2.68 bits per heavy atom. The Bertz CT molecular complexity index is 425. The summed E-state index contributed by atoms with van der Waals surface area (Å²) in [6.07, 6.45) is 1.76. The van der Waals surface area contributed by atoms with E-state index in [-0.39, 0.29) is 5.91 Å². The lowest BCUT2D eigenvalue weighted by Crippen LogP contribution is -2.45. The van der Waals surface area contributed by atoms with E-state index >= 15 is 0 Å². The number of pyridine rings is 1. The fourth-order valence-electron chi connectivity index (χ4n) is 2.37. The Hall–Kier alpha value is -1.62.